The first-order valence-corrected chi connectivity index (χ1v) is 10.5. The van der Waals surface area contributed by atoms with Gasteiger partial charge in [0, 0.05) is 38.0 Å². The van der Waals surface area contributed by atoms with Crippen LogP contribution in [0.1, 0.15) is 55.2 Å². The van der Waals surface area contributed by atoms with Gasteiger partial charge in [-0.1, -0.05) is 19.9 Å². The fraction of sp³-hybridized carbons (Fsp3) is 0.455. The molecule has 3 aromatic heterocycles. The van der Waals surface area contributed by atoms with Crippen LogP contribution in [0.3, 0.4) is 0 Å². The van der Waals surface area contributed by atoms with Gasteiger partial charge in [0.05, 0.1) is 12.2 Å². The summed E-state index contributed by atoms with van der Waals surface area (Å²) in [6.07, 6.45) is 7.53. The number of amides is 2. The van der Waals surface area contributed by atoms with Gasteiger partial charge in [-0.3, -0.25) is 9.59 Å². The molecule has 1 fully saturated rings. The third-order valence-corrected chi connectivity index (χ3v) is 5.45. The monoisotopic (exact) mass is 408 g/mol. The Labute approximate surface area is 175 Å². The molecule has 1 aliphatic heterocycles. The van der Waals surface area contributed by atoms with E-state index in [4.69, 9.17) is 0 Å². The lowest BCUT2D eigenvalue weighted by atomic mass is 10.0. The van der Waals surface area contributed by atoms with Crippen molar-refractivity contribution in [3.05, 3.63) is 48.0 Å². The molecule has 4 rings (SSSR count). The highest BCUT2D eigenvalue weighted by atomic mass is 16.2. The molecule has 0 bridgehead atoms. The molecule has 158 valence electrons. The summed E-state index contributed by atoms with van der Waals surface area (Å²) in [6.45, 7) is 7.33. The van der Waals surface area contributed by atoms with Crippen molar-refractivity contribution in [2.24, 2.45) is 5.92 Å². The van der Waals surface area contributed by atoms with Crippen LogP contribution >= 0.6 is 0 Å². The Hall–Kier alpha value is -3.16. The highest BCUT2D eigenvalue weighted by Gasteiger charge is 2.27. The molecule has 8 heteroatoms. The molecule has 0 atom stereocenters. The van der Waals surface area contributed by atoms with Crippen molar-refractivity contribution in [1.29, 1.82) is 0 Å². The van der Waals surface area contributed by atoms with E-state index < -0.39 is 0 Å². The van der Waals surface area contributed by atoms with Crippen LogP contribution in [0.25, 0.3) is 5.65 Å². The van der Waals surface area contributed by atoms with Crippen molar-refractivity contribution >= 4 is 23.3 Å². The van der Waals surface area contributed by atoms with Crippen LogP contribution in [0.2, 0.25) is 0 Å². The third kappa shape index (κ3) is 4.22. The van der Waals surface area contributed by atoms with Crippen LogP contribution in [0, 0.1) is 12.8 Å². The number of hydrogen-bond acceptors (Lipinski definition) is 4. The number of aromatic nitrogens is 4. The number of anilines is 1. The number of rotatable bonds is 5. The van der Waals surface area contributed by atoms with Crippen LogP contribution in [-0.4, -0.2) is 49.0 Å². The summed E-state index contributed by atoms with van der Waals surface area (Å²) >= 11 is 0. The van der Waals surface area contributed by atoms with Crippen LogP contribution in [0.4, 0.5) is 5.82 Å². The minimum atomic E-state index is -0.0410. The van der Waals surface area contributed by atoms with Gasteiger partial charge in [0.25, 0.3) is 5.91 Å². The summed E-state index contributed by atoms with van der Waals surface area (Å²) in [4.78, 5) is 31.4. The number of aryl methyl sites for hydroxylation is 1. The second-order valence-electron chi connectivity index (χ2n) is 8.43. The SMILES string of the molecule is Cc1ccc2nc(C(=O)N3CCC(n4nccc4NC(=O)CC(C)C)CC3)cn2c1. The maximum absolute atomic E-state index is 12.9. The molecular weight excluding hydrogens is 380 g/mol. The van der Waals surface area contributed by atoms with E-state index in [1.165, 1.54) is 0 Å². The number of imidazole rings is 1. The molecular formula is C22H28N6O2. The topological polar surface area (TPSA) is 84.5 Å². The summed E-state index contributed by atoms with van der Waals surface area (Å²) in [7, 11) is 0. The molecule has 8 nitrogen and oxygen atoms in total. The first-order valence-electron chi connectivity index (χ1n) is 10.5. The van der Waals surface area contributed by atoms with Crippen LogP contribution in [-0.2, 0) is 4.79 Å². The molecule has 2 amide bonds. The van der Waals surface area contributed by atoms with E-state index in [9.17, 15) is 9.59 Å². The van der Waals surface area contributed by atoms with Gasteiger partial charge in [-0.2, -0.15) is 5.10 Å². The number of pyridine rings is 1. The maximum Gasteiger partial charge on any atom is 0.274 e. The predicted molar refractivity (Wildman–Crippen MR) is 114 cm³/mol. The average Bonchev–Trinajstić information content (AvgIpc) is 3.33. The molecule has 0 saturated carbocycles. The van der Waals surface area contributed by atoms with E-state index in [0.29, 0.717) is 31.1 Å². The molecule has 4 heterocycles. The Morgan fingerprint density at radius 1 is 1.17 bits per heavy atom. The Bertz CT molecular complexity index is 1060. The van der Waals surface area contributed by atoms with E-state index in [1.54, 1.807) is 12.4 Å². The number of nitrogens with zero attached hydrogens (tertiary/aromatic N) is 5. The number of hydrogen-bond donors (Lipinski definition) is 1. The molecule has 1 aliphatic rings. The molecule has 0 spiro atoms. The van der Waals surface area contributed by atoms with Gasteiger partial charge in [0.2, 0.25) is 5.91 Å². The number of carbonyl (C=O) groups excluding carboxylic acids is 2. The fourth-order valence-corrected chi connectivity index (χ4v) is 3.95. The molecule has 0 aliphatic carbocycles. The zero-order valence-electron chi connectivity index (χ0n) is 17.7. The van der Waals surface area contributed by atoms with Crippen molar-refractivity contribution in [1.82, 2.24) is 24.1 Å². The summed E-state index contributed by atoms with van der Waals surface area (Å²) in [5.74, 6) is 0.988. The normalized spacial score (nSPS) is 15.1. The van der Waals surface area contributed by atoms with Crippen LogP contribution in [0.15, 0.2) is 36.8 Å². The zero-order chi connectivity index (χ0) is 21.3. The quantitative estimate of drug-likeness (QED) is 0.702. The minimum absolute atomic E-state index is 0.00134. The lowest BCUT2D eigenvalue weighted by Crippen LogP contribution is -2.39. The van der Waals surface area contributed by atoms with E-state index in [0.717, 1.165) is 29.9 Å². The van der Waals surface area contributed by atoms with Gasteiger partial charge >= 0.3 is 0 Å². The van der Waals surface area contributed by atoms with Crippen LogP contribution < -0.4 is 5.32 Å². The predicted octanol–water partition coefficient (Wildman–Crippen LogP) is 3.30. The maximum atomic E-state index is 12.9. The first-order chi connectivity index (χ1) is 14.4. The van der Waals surface area contributed by atoms with Gasteiger partial charge < -0.3 is 14.6 Å². The first kappa shape index (κ1) is 20.1. The van der Waals surface area contributed by atoms with Gasteiger partial charge in [0.1, 0.15) is 17.2 Å². The van der Waals surface area contributed by atoms with Crippen molar-refractivity contribution in [2.75, 3.05) is 18.4 Å². The molecule has 1 N–H and O–H groups in total. The Balaban J connectivity index is 1.40. The summed E-state index contributed by atoms with van der Waals surface area (Å²) < 4.78 is 3.78. The van der Waals surface area contributed by atoms with E-state index in [-0.39, 0.29) is 17.9 Å². The van der Waals surface area contributed by atoms with Gasteiger partial charge in [0.15, 0.2) is 0 Å². The Kier molecular flexibility index (Phi) is 5.57. The molecule has 1 saturated heterocycles. The van der Waals surface area contributed by atoms with Crippen LogP contribution in [0.5, 0.6) is 0 Å². The highest BCUT2D eigenvalue weighted by Crippen LogP contribution is 2.26. The van der Waals surface area contributed by atoms with Crippen molar-refractivity contribution in [2.45, 2.75) is 46.1 Å². The van der Waals surface area contributed by atoms with Crippen molar-refractivity contribution in [3.63, 3.8) is 0 Å². The van der Waals surface area contributed by atoms with E-state index in [2.05, 4.69) is 15.4 Å². The largest absolute Gasteiger partial charge is 0.337 e. The number of carbonyl (C=O) groups is 2. The second kappa shape index (κ2) is 8.30. The third-order valence-electron chi connectivity index (χ3n) is 5.45. The summed E-state index contributed by atoms with van der Waals surface area (Å²) in [6, 6.07) is 5.89. The fourth-order valence-electron chi connectivity index (χ4n) is 3.95. The van der Waals surface area contributed by atoms with Gasteiger partial charge in [-0.15, -0.1) is 0 Å². The zero-order valence-corrected chi connectivity index (χ0v) is 17.7. The van der Waals surface area contributed by atoms with Gasteiger partial charge in [-0.25, -0.2) is 9.67 Å². The smallest absolute Gasteiger partial charge is 0.274 e. The lowest BCUT2D eigenvalue weighted by Gasteiger charge is -2.32. The summed E-state index contributed by atoms with van der Waals surface area (Å²) in [5.41, 5.74) is 2.37. The van der Waals surface area contributed by atoms with Crippen molar-refractivity contribution in [3.8, 4) is 0 Å². The molecule has 0 unspecified atom stereocenters. The lowest BCUT2D eigenvalue weighted by molar-refractivity contribution is -0.116. The van der Waals surface area contributed by atoms with Gasteiger partial charge in [-0.05, 0) is 37.3 Å². The number of nitrogens with one attached hydrogen (secondary N) is 1. The molecule has 0 radical (unpaired) electrons. The molecule has 30 heavy (non-hydrogen) atoms. The molecule has 3 aromatic rings. The summed E-state index contributed by atoms with van der Waals surface area (Å²) in [5, 5.41) is 7.39. The van der Waals surface area contributed by atoms with Crippen molar-refractivity contribution < 1.29 is 9.59 Å². The number of piperidine rings is 1. The standard InChI is InChI=1S/C22H28N6O2/c1-15(2)12-21(29)25-20-6-9-23-28(20)17-7-10-26(11-8-17)22(30)18-14-27-13-16(3)4-5-19(27)24-18/h4-6,9,13-15,17H,7-8,10-12H2,1-3H3,(H,25,29). The molecule has 0 aromatic carbocycles. The highest BCUT2D eigenvalue weighted by molar-refractivity contribution is 5.93. The minimum Gasteiger partial charge on any atom is -0.337 e. The Morgan fingerprint density at radius 3 is 2.67 bits per heavy atom. The Morgan fingerprint density at radius 2 is 1.93 bits per heavy atom. The second-order valence-corrected chi connectivity index (χ2v) is 8.43. The number of fused-ring (bicyclic) bond motifs is 1. The van der Waals surface area contributed by atoms with E-state index >= 15 is 0 Å². The number of likely N-dealkylation sites (tertiary alicyclic amines) is 1. The van der Waals surface area contributed by atoms with E-state index in [1.807, 2.05) is 59.1 Å². The average molecular weight is 409 g/mol.